The Labute approximate surface area is 157 Å². The first-order valence-corrected chi connectivity index (χ1v) is 10.6. The lowest BCUT2D eigenvalue weighted by atomic mass is 9.77. The molecule has 3 rings (SSSR count). The molecule has 0 heterocycles. The maximum absolute atomic E-state index is 13.7. The minimum absolute atomic E-state index is 0.233. The summed E-state index contributed by atoms with van der Waals surface area (Å²) in [6.45, 7) is 2.38. The lowest BCUT2D eigenvalue weighted by Crippen LogP contribution is -2.13. The molecular formula is C23H32ClF. The van der Waals surface area contributed by atoms with Crippen LogP contribution in [0.25, 0.3) is 0 Å². The first-order chi connectivity index (χ1) is 12.1. The van der Waals surface area contributed by atoms with E-state index in [1.54, 1.807) is 12.1 Å². The molecule has 0 amide bonds. The van der Waals surface area contributed by atoms with Gasteiger partial charge < -0.3 is 0 Å². The van der Waals surface area contributed by atoms with Gasteiger partial charge in [-0.2, -0.15) is 0 Å². The van der Waals surface area contributed by atoms with Gasteiger partial charge in [0.15, 0.2) is 0 Å². The first kappa shape index (κ1) is 19.0. The predicted octanol–water partition coefficient (Wildman–Crippen LogP) is 7.92. The molecule has 1 aromatic rings. The third-order valence-electron chi connectivity index (χ3n) is 6.47. The van der Waals surface area contributed by atoms with Gasteiger partial charge in [0.1, 0.15) is 5.82 Å². The molecule has 2 saturated carbocycles. The van der Waals surface area contributed by atoms with Gasteiger partial charge in [-0.15, -0.1) is 0 Å². The molecule has 0 atom stereocenters. The molecule has 2 aliphatic carbocycles. The highest BCUT2D eigenvalue weighted by Gasteiger charge is 2.22. The van der Waals surface area contributed by atoms with E-state index in [1.165, 1.54) is 64.2 Å². The molecule has 0 bridgehead atoms. The van der Waals surface area contributed by atoms with Crippen molar-refractivity contribution in [1.29, 1.82) is 0 Å². The van der Waals surface area contributed by atoms with Crippen LogP contribution in [0, 0.1) is 23.6 Å². The third-order valence-corrected chi connectivity index (χ3v) is 6.78. The van der Waals surface area contributed by atoms with E-state index < -0.39 is 0 Å². The molecule has 2 heteroatoms. The fourth-order valence-electron chi connectivity index (χ4n) is 4.65. The van der Waals surface area contributed by atoms with Crippen molar-refractivity contribution in [2.24, 2.45) is 17.8 Å². The molecule has 0 aromatic heterocycles. The molecule has 2 aliphatic rings. The van der Waals surface area contributed by atoms with Crippen LogP contribution >= 0.6 is 11.6 Å². The predicted molar refractivity (Wildman–Crippen MR) is 106 cm³/mol. The largest absolute Gasteiger partial charge is 0.205 e. The fourth-order valence-corrected chi connectivity index (χ4v) is 4.77. The maximum atomic E-state index is 13.7. The summed E-state index contributed by atoms with van der Waals surface area (Å²) in [5.41, 5.74) is 1.13. The Morgan fingerprint density at radius 2 is 1.76 bits per heavy atom. The van der Waals surface area contributed by atoms with Crippen LogP contribution in [0.3, 0.4) is 0 Å². The number of hydrogen-bond donors (Lipinski definition) is 0. The highest BCUT2D eigenvalue weighted by atomic mass is 35.5. The van der Waals surface area contributed by atoms with E-state index in [0.29, 0.717) is 5.92 Å². The van der Waals surface area contributed by atoms with Crippen LogP contribution < -0.4 is 0 Å². The second-order valence-corrected chi connectivity index (χ2v) is 8.82. The molecule has 0 aliphatic heterocycles. The van der Waals surface area contributed by atoms with E-state index in [9.17, 15) is 4.39 Å². The summed E-state index contributed by atoms with van der Waals surface area (Å²) < 4.78 is 13.7. The minimum Gasteiger partial charge on any atom is -0.205 e. The molecule has 2 fully saturated rings. The monoisotopic (exact) mass is 362 g/mol. The number of benzene rings is 1. The number of halogens is 2. The summed E-state index contributed by atoms with van der Waals surface area (Å²) in [5.74, 6) is 2.87. The van der Waals surface area contributed by atoms with E-state index in [4.69, 9.17) is 11.6 Å². The summed E-state index contributed by atoms with van der Waals surface area (Å²) in [6.07, 6.45) is 18.0. The molecule has 0 nitrogen and oxygen atoms in total. The smallest absolute Gasteiger partial charge is 0.142 e. The van der Waals surface area contributed by atoms with Crippen molar-refractivity contribution in [3.05, 3.63) is 46.8 Å². The van der Waals surface area contributed by atoms with Crippen LogP contribution in [0.1, 0.15) is 82.6 Å². The summed E-state index contributed by atoms with van der Waals surface area (Å²) in [6, 6.07) is 5.35. The quantitative estimate of drug-likeness (QED) is 0.466. The second-order valence-electron chi connectivity index (χ2n) is 8.42. The van der Waals surface area contributed by atoms with E-state index in [0.717, 1.165) is 23.3 Å². The van der Waals surface area contributed by atoms with Gasteiger partial charge in [0, 0.05) is 0 Å². The molecule has 1 aromatic carbocycles. The van der Waals surface area contributed by atoms with Crippen molar-refractivity contribution in [3.8, 4) is 0 Å². The van der Waals surface area contributed by atoms with Gasteiger partial charge in [-0.1, -0.05) is 49.6 Å². The average Bonchev–Trinajstić information content (AvgIpc) is 2.63. The Balaban J connectivity index is 1.37. The van der Waals surface area contributed by atoms with E-state index in [1.807, 2.05) is 6.07 Å². The van der Waals surface area contributed by atoms with Crippen molar-refractivity contribution in [3.63, 3.8) is 0 Å². The number of rotatable bonds is 5. The van der Waals surface area contributed by atoms with E-state index in [-0.39, 0.29) is 10.8 Å². The van der Waals surface area contributed by atoms with Crippen molar-refractivity contribution < 1.29 is 4.39 Å². The fraction of sp³-hybridized carbons (Fsp3) is 0.652. The first-order valence-electron chi connectivity index (χ1n) is 10.2. The molecule has 0 unspecified atom stereocenters. The van der Waals surface area contributed by atoms with Crippen LogP contribution in [-0.2, 0) is 0 Å². The van der Waals surface area contributed by atoms with E-state index in [2.05, 4.69) is 19.1 Å². The average molecular weight is 363 g/mol. The number of hydrogen-bond acceptors (Lipinski definition) is 0. The van der Waals surface area contributed by atoms with Crippen LogP contribution in [0.4, 0.5) is 4.39 Å². The van der Waals surface area contributed by atoms with Crippen molar-refractivity contribution in [2.75, 3.05) is 0 Å². The van der Waals surface area contributed by atoms with Gasteiger partial charge >= 0.3 is 0 Å². The van der Waals surface area contributed by atoms with Crippen LogP contribution in [-0.4, -0.2) is 0 Å². The van der Waals surface area contributed by atoms with Crippen molar-refractivity contribution in [1.82, 2.24) is 0 Å². The summed E-state index contributed by atoms with van der Waals surface area (Å²) >= 11 is 5.80. The Hall–Kier alpha value is -0.820. The van der Waals surface area contributed by atoms with Crippen LogP contribution in [0.5, 0.6) is 0 Å². The summed E-state index contributed by atoms with van der Waals surface area (Å²) in [5, 5.41) is 0.233. The lowest BCUT2D eigenvalue weighted by molar-refractivity contribution is 0.310. The van der Waals surface area contributed by atoms with Crippen molar-refractivity contribution >= 4 is 11.6 Å². The van der Waals surface area contributed by atoms with Gasteiger partial charge in [0.2, 0.25) is 0 Å². The van der Waals surface area contributed by atoms with E-state index >= 15 is 0 Å². The summed E-state index contributed by atoms with van der Waals surface area (Å²) in [4.78, 5) is 0. The molecule has 138 valence electrons. The highest BCUT2D eigenvalue weighted by Crippen LogP contribution is 2.38. The zero-order valence-electron chi connectivity index (χ0n) is 15.5. The second kappa shape index (κ2) is 9.21. The topological polar surface area (TPSA) is 0 Å². The van der Waals surface area contributed by atoms with Gasteiger partial charge in [-0.05, 0) is 92.7 Å². The Bertz CT molecular complexity index is 563. The zero-order chi connectivity index (χ0) is 17.6. The highest BCUT2D eigenvalue weighted by molar-refractivity contribution is 6.30. The Morgan fingerprint density at radius 1 is 1.04 bits per heavy atom. The molecule has 25 heavy (non-hydrogen) atoms. The van der Waals surface area contributed by atoms with Gasteiger partial charge in [-0.25, -0.2) is 4.39 Å². The molecular weight excluding hydrogens is 331 g/mol. The Morgan fingerprint density at radius 3 is 2.44 bits per heavy atom. The normalized spacial score (nSPS) is 30.7. The van der Waals surface area contributed by atoms with Crippen LogP contribution in [0.15, 0.2) is 30.4 Å². The molecule has 0 N–H and O–H groups in total. The lowest BCUT2D eigenvalue weighted by Gasteiger charge is -2.28. The molecule has 0 radical (unpaired) electrons. The van der Waals surface area contributed by atoms with Gasteiger partial charge in [0.05, 0.1) is 5.02 Å². The maximum Gasteiger partial charge on any atom is 0.142 e. The Kier molecular flexibility index (Phi) is 6.99. The molecule has 0 spiro atoms. The summed E-state index contributed by atoms with van der Waals surface area (Å²) in [7, 11) is 0. The van der Waals surface area contributed by atoms with Gasteiger partial charge in [-0.3, -0.25) is 0 Å². The standard InChI is InChI=1S/C23H32ClF/c1-17-6-8-18(9-7-17)4-2-3-5-19-10-12-20(13-11-19)21-14-15-22(24)23(25)16-21/h2,4,14-20H,3,5-13H2,1H3/b4-2+. The van der Waals surface area contributed by atoms with Gasteiger partial charge in [0.25, 0.3) is 0 Å². The van der Waals surface area contributed by atoms with Crippen LogP contribution in [0.2, 0.25) is 5.02 Å². The number of allylic oxidation sites excluding steroid dienone is 2. The van der Waals surface area contributed by atoms with Crippen molar-refractivity contribution in [2.45, 2.75) is 77.0 Å². The zero-order valence-corrected chi connectivity index (χ0v) is 16.3. The SMILES string of the molecule is CC1CCC(/C=C/CCC2CCC(c3ccc(Cl)c(F)c3)CC2)CC1. The molecule has 0 saturated heterocycles. The minimum atomic E-state index is -0.275. The third kappa shape index (κ3) is 5.58.